The predicted octanol–water partition coefficient (Wildman–Crippen LogP) is 2.33. The fourth-order valence-electron chi connectivity index (χ4n) is 7.53. The molecular weight excluding hydrogens is 807 g/mol. The number of nitrogens with zero attached hydrogens (tertiary/aromatic N) is 6. The maximum absolute atomic E-state index is 13.0. The Labute approximate surface area is 349 Å². The van der Waals surface area contributed by atoms with Gasteiger partial charge in [0, 0.05) is 74.2 Å². The summed E-state index contributed by atoms with van der Waals surface area (Å²) in [5, 5.41) is 57.8. The van der Waals surface area contributed by atoms with Crippen LogP contribution in [0.15, 0.2) is 107 Å². The number of aliphatic carboxylic acids is 2. The van der Waals surface area contributed by atoms with Crippen molar-refractivity contribution in [1.82, 2.24) is 40.4 Å². The molecular formula is C42H33N9O11. The highest BCUT2D eigenvalue weighted by Crippen LogP contribution is 2.30. The zero-order valence-electron chi connectivity index (χ0n) is 32.1. The first-order valence-electron chi connectivity index (χ1n) is 18.6. The third kappa shape index (κ3) is 8.39. The molecule has 62 heavy (non-hydrogen) atoms. The molecule has 9 aliphatic rings. The van der Waals surface area contributed by atoms with Gasteiger partial charge in [0.2, 0.25) is 5.91 Å². The zero-order valence-corrected chi connectivity index (χ0v) is 32.1. The first kappa shape index (κ1) is 40.4. The second kappa shape index (κ2) is 16.0. The van der Waals surface area contributed by atoms with E-state index in [9.17, 15) is 54.3 Å². The van der Waals surface area contributed by atoms with Crippen LogP contribution < -0.4 is 16.4 Å². The lowest BCUT2D eigenvalue weighted by Gasteiger charge is -2.30. The minimum Gasteiger partial charge on any atom is -0.478 e. The molecule has 4 aromatic rings. The van der Waals surface area contributed by atoms with E-state index in [2.05, 4.69) is 20.6 Å². The molecule has 0 aliphatic carbocycles. The molecule has 4 aromatic heterocycles. The molecule has 9 aliphatic heterocycles. The third-order valence-electron chi connectivity index (χ3n) is 10.2. The second-order valence-corrected chi connectivity index (χ2v) is 14.7. The van der Waals surface area contributed by atoms with E-state index < -0.39 is 35.8 Å². The van der Waals surface area contributed by atoms with Crippen LogP contribution in [0.5, 0.6) is 0 Å². The van der Waals surface area contributed by atoms with Crippen molar-refractivity contribution in [2.75, 3.05) is 13.1 Å². The van der Waals surface area contributed by atoms with Gasteiger partial charge in [0.1, 0.15) is 0 Å². The van der Waals surface area contributed by atoms with Gasteiger partial charge >= 0.3 is 29.8 Å². The van der Waals surface area contributed by atoms with Crippen LogP contribution in [0.25, 0.3) is 22.5 Å². The molecule has 9 N–H and O–H groups in total. The van der Waals surface area contributed by atoms with E-state index in [4.69, 9.17) is 15.7 Å². The highest BCUT2D eigenvalue weighted by molar-refractivity contribution is 6.04. The van der Waals surface area contributed by atoms with Crippen molar-refractivity contribution in [1.29, 1.82) is 0 Å². The number of carboxylic acid groups (broad SMARTS) is 5. The first-order valence-corrected chi connectivity index (χ1v) is 18.6. The summed E-state index contributed by atoms with van der Waals surface area (Å²) in [6.07, 6.45) is 7.96. The fraction of sp³-hybridized carbons (Fsp3) is 0.143. The van der Waals surface area contributed by atoms with E-state index in [1.54, 1.807) is 9.80 Å². The number of aromatic nitrogens is 4. The van der Waals surface area contributed by atoms with Gasteiger partial charge in [-0.2, -0.15) is 0 Å². The van der Waals surface area contributed by atoms with Crippen molar-refractivity contribution in [3.63, 3.8) is 0 Å². The van der Waals surface area contributed by atoms with Crippen LogP contribution in [0.3, 0.4) is 0 Å². The number of nitrogens with one attached hydrogen (secondary N) is 2. The van der Waals surface area contributed by atoms with Gasteiger partial charge in [0.15, 0.2) is 0 Å². The van der Waals surface area contributed by atoms with Gasteiger partial charge in [0.05, 0.1) is 79.0 Å². The Bertz CT molecular complexity index is 2670. The Morgan fingerprint density at radius 3 is 1.32 bits per heavy atom. The molecule has 20 heteroatoms. The van der Waals surface area contributed by atoms with E-state index in [1.165, 1.54) is 73.1 Å². The Balaban J connectivity index is 1.44. The number of nitrogens with two attached hydrogens (primary N) is 1. The topological polar surface area (TPSA) is 312 Å². The maximum atomic E-state index is 13.0. The predicted molar refractivity (Wildman–Crippen MR) is 213 cm³/mol. The number of primary amides is 1. The number of pyridine rings is 4. The van der Waals surface area contributed by atoms with Crippen LogP contribution in [0.2, 0.25) is 0 Å². The number of carboxylic acids is 5. The number of dihydropyridines is 2. The molecule has 0 spiro atoms. The van der Waals surface area contributed by atoms with Crippen LogP contribution in [0.4, 0.5) is 0 Å². The van der Waals surface area contributed by atoms with Gasteiger partial charge in [-0.15, -0.1) is 0 Å². The van der Waals surface area contributed by atoms with Crippen molar-refractivity contribution in [2.24, 2.45) is 5.73 Å². The minimum atomic E-state index is -1.36. The molecule has 2 unspecified atom stereocenters. The number of carbonyl (C=O) groups is 6. The van der Waals surface area contributed by atoms with Gasteiger partial charge in [-0.05, 0) is 60.7 Å². The molecule has 13 rings (SSSR count). The molecule has 0 radical (unpaired) electrons. The normalized spacial score (nSPS) is 19.2. The smallest absolute Gasteiger partial charge is 0.336 e. The minimum absolute atomic E-state index is 0.0131. The van der Waals surface area contributed by atoms with Crippen molar-refractivity contribution in [3.05, 3.63) is 152 Å². The van der Waals surface area contributed by atoms with Crippen LogP contribution in [-0.4, -0.2) is 104 Å². The van der Waals surface area contributed by atoms with Crippen LogP contribution >= 0.6 is 0 Å². The van der Waals surface area contributed by atoms with Gasteiger partial charge in [0.25, 0.3) is 0 Å². The van der Waals surface area contributed by atoms with E-state index in [0.29, 0.717) is 5.70 Å². The Hall–Kier alpha value is -8.36. The molecule has 312 valence electrons. The first-order chi connectivity index (χ1) is 29.6. The summed E-state index contributed by atoms with van der Waals surface area (Å²) in [7, 11) is 0. The molecule has 2 atom stereocenters. The molecule has 0 saturated carbocycles. The Kier molecular flexibility index (Phi) is 10.4. The molecule has 13 heterocycles. The number of hydrogen-bond donors (Lipinski definition) is 8. The number of aromatic carboxylic acids is 3. The molecule has 0 fully saturated rings. The van der Waals surface area contributed by atoms with Crippen LogP contribution in [0.1, 0.15) is 64.2 Å². The van der Waals surface area contributed by atoms with Crippen molar-refractivity contribution in [2.45, 2.75) is 26.2 Å². The van der Waals surface area contributed by atoms with Crippen LogP contribution in [-0.2, 0) is 35.8 Å². The van der Waals surface area contributed by atoms with Crippen molar-refractivity contribution >= 4 is 35.8 Å². The number of amides is 1. The van der Waals surface area contributed by atoms with Gasteiger partial charge in [-0.3, -0.25) is 24.6 Å². The summed E-state index contributed by atoms with van der Waals surface area (Å²) >= 11 is 0. The average Bonchev–Trinajstić information content (AvgIpc) is 3.22. The number of allylic oxidation sites excluding steroid dienone is 2. The lowest BCUT2D eigenvalue weighted by atomic mass is 9.97. The number of rotatable bonds is 6. The summed E-state index contributed by atoms with van der Waals surface area (Å²) < 4.78 is 0. The van der Waals surface area contributed by atoms with Crippen LogP contribution in [0, 0.1) is 0 Å². The molecule has 0 aromatic carbocycles. The fourth-order valence-corrected chi connectivity index (χ4v) is 7.53. The van der Waals surface area contributed by atoms with E-state index in [0.717, 1.165) is 0 Å². The van der Waals surface area contributed by atoms with Gasteiger partial charge < -0.3 is 41.9 Å². The van der Waals surface area contributed by atoms with Crippen molar-refractivity contribution in [3.8, 4) is 22.5 Å². The number of hydrogen-bond acceptors (Lipinski definition) is 14. The zero-order chi connectivity index (χ0) is 44.0. The third-order valence-corrected chi connectivity index (χ3v) is 10.2. The van der Waals surface area contributed by atoms with Gasteiger partial charge in [-0.25, -0.2) is 33.9 Å². The summed E-state index contributed by atoms with van der Waals surface area (Å²) in [4.78, 5) is 98.0. The molecule has 0 saturated heterocycles. The molecule has 1 amide bonds. The monoisotopic (exact) mass is 839 g/mol. The van der Waals surface area contributed by atoms with Crippen molar-refractivity contribution < 1.29 is 54.3 Å². The summed E-state index contributed by atoms with van der Waals surface area (Å²) in [5.41, 5.74) is 6.69. The number of carbonyl (C=O) groups excluding carboxylic acids is 1. The summed E-state index contributed by atoms with van der Waals surface area (Å²) in [6.45, 7) is -0.809. The highest BCUT2D eigenvalue weighted by atomic mass is 16.4. The lowest BCUT2D eigenvalue weighted by Crippen LogP contribution is -2.35. The molecule has 20 nitrogen and oxygen atoms in total. The summed E-state index contributed by atoms with van der Waals surface area (Å²) in [6, 6.07) is 7.81. The lowest BCUT2D eigenvalue weighted by molar-refractivity contribution is -0.133. The van der Waals surface area contributed by atoms with E-state index in [-0.39, 0.29) is 135 Å². The SMILES string of the molecule is NC(=O)c1cc2ncc1-c1cnc(cc1C(=O)O)CN1CC3=CC(C(=O)O)=C/C(=C4\C=C(C(=O)O)C=C(CN(C2)Cc2cc(C(=O)O)cc(n2)-c2cc(C(=O)O)cc(n2)C1)N4)N3. The van der Waals surface area contributed by atoms with E-state index >= 15 is 0 Å². The highest BCUT2D eigenvalue weighted by Gasteiger charge is 2.27. The largest absolute Gasteiger partial charge is 0.478 e. The average molecular weight is 840 g/mol. The quantitative estimate of drug-likeness (QED) is 0.138. The maximum Gasteiger partial charge on any atom is 0.336 e. The molecule has 14 bridgehead atoms. The summed E-state index contributed by atoms with van der Waals surface area (Å²) in [5.74, 6) is -7.47. The second-order valence-electron chi connectivity index (χ2n) is 14.7. The standard InChI is InChI=1S/C42H33N9O11/c43-37(52)29-9-23-13-50-15-25-1-19(38(53)54)5-33(46-25)35-7-21(40(57)58)3-27(48-35)17-51(14-24-10-30(42(61)62)32(12-45-24)31(29)11-44-23)18-28-4-22(41(59)60)8-36(49-28)34-6-20(39(55)56)2-26(16-50)47-34/h1-12,46,48H,13-18H2,(H2,43,52)(H,53,54)(H,55,56)(H,57,58)(H,59,60)(H,61,62)/b35-33-. The Morgan fingerprint density at radius 2 is 0.919 bits per heavy atom. The van der Waals surface area contributed by atoms with Gasteiger partial charge in [-0.1, -0.05) is 0 Å². The Morgan fingerprint density at radius 1 is 0.500 bits per heavy atom. The van der Waals surface area contributed by atoms with E-state index in [1.807, 2.05) is 0 Å².